The minimum absolute atomic E-state index is 0.0579. The number of benzene rings is 8. The number of anilines is 3. The molecule has 8 aromatic carbocycles. The van der Waals surface area contributed by atoms with E-state index in [0.29, 0.717) is 0 Å². The fraction of sp³-hybridized carbons (Fsp3) is 0.0769. The second-order valence-electron chi connectivity index (χ2n) is 14.9. The Morgan fingerprint density at radius 3 is 1.60 bits per heavy atom. The predicted molar refractivity (Wildman–Crippen MR) is 221 cm³/mol. The molecule has 1 nitrogen and oxygen atoms in total. The molecule has 252 valence electrons. The quantitative estimate of drug-likeness (QED) is 0.169. The minimum Gasteiger partial charge on any atom is -0.310 e. The first kappa shape index (κ1) is 31.3. The van der Waals surface area contributed by atoms with Gasteiger partial charge in [-0.25, -0.2) is 0 Å². The van der Waals surface area contributed by atoms with Gasteiger partial charge in [-0.05, 0) is 97.6 Å². The zero-order valence-corrected chi connectivity index (χ0v) is 30.0. The monoisotopic (exact) mass is 677 g/mol. The third-order valence-electron chi connectivity index (χ3n) is 11.7. The average molecular weight is 678 g/mol. The third kappa shape index (κ3) is 4.64. The first-order valence-corrected chi connectivity index (χ1v) is 18.6. The second-order valence-corrected chi connectivity index (χ2v) is 14.9. The highest BCUT2D eigenvalue weighted by Gasteiger charge is 2.47. The summed E-state index contributed by atoms with van der Waals surface area (Å²) in [7, 11) is 0. The van der Waals surface area contributed by atoms with E-state index in [0.717, 1.165) is 17.1 Å². The molecule has 1 heteroatoms. The first-order chi connectivity index (χ1) is 26.1. The molecular weight excluding hydrogens is 639 g/mol. The lowest BCUT2D eigenvalue weighted by Crippen LogP contribution is -2.28. The van der Waals surface area contributed by atoms with Crippen molar-refractivity contribution in [3.8, 4) is 33.4 Å². The summed E-state index contributed by atoms with van der Waals surface area (Å²) in [6.45, 7) is 4.71. The van der Waals surface area contributed by atoms with Gasteiger partial charge in [0, 0.05) is 22.4 Å². The second kappa shape index (κ2) is 12.1. The Balaban J connectivity index is 1.19. The van der Waals surface area contributed by atoms with Gasteiger partial charge < -0.3 is 4.90 Å². The number of fused-ring (bicyclic) bond motifs is 6. The van der Waals surface area contributed by atoms with E-state index in [1.807, 2.05) is 0 Å². The van der Waals surface area contributed by atoms with Gasteiger partial charge in [0.1, 0.15) is 0 Å². The number of nitrogens with zero attached hydrogens (tertiary/aromatic N) is 1. The molecule has 0 atom stereocenters. The van der Waals surface area contributed by atoms with E-state index >= 15 is 0 Å². The van der Waals surface area contributed by atoms with Crippen molar-refractivity contribution in [2.75, 3.05) is 4.90 Å². The first-order valence-electron chi connectivity index (χ1n) is 18.6. The molecule has 8 aromatic rings. The summed E-state index contributed by atoms with van der Waals surface area (Å²) in [4.78, 5) is 2.46. The Hall–Kier alpha value is -6.44. The van der Waals surface area contributed by atoms with Gasteiger partial charge in [0.05, 0.1) is 11.1 Å². The van der Waals surface area contributed by atoms with Crippen LogP contribution in [0.25, 0.3) is 33.4 Å². The Bertz CT molecular complexity index is 2600. The van der Waals surface area contributed by atoms with E-state index in [1.54, 1.807) is 0 Å². The van der Waals surface area contributed by atoms with E-state index in [-0.39, 0.29) is 5.41 Å². The number of hydrogen-bond donors (Lipinski definition) is 0. The molecule has 0 unspecified atom stereocenters. The van der Waals surface area contributed by atoms with Crippen LogP contribution in [0.4, 0.5) is 17.1 Å². The van der Waals surface area contributed by atoms with Crippen LogP contribution in [-0.4, -0.2) is 0 Å². The summed E-state index contributed by atoms with van der Waals surface area (Å²) in [6.07, 6.45) is 0. The fourth-order valence-electron chi connectivity index (χ4n) is 9.37. The summed E-state index contributed by atoms with van der Waals surface area (Å²) < 4.78 is 0. The summed E-state index contributed by atoms with van der Waals surface area (Å²) in [5, 5.41) is 0. The van der Waals surface area contributed by atoms with Crippen LogP contribution >= 0.6 is 0 Å². The predicted octanol–water partition coefficient (Wildman–Crippen LogP) is 13.5. The van der Waals surface area contributed by atoms with Crippen LogP contribution in [0.5, 0.6) is 0 Å². The molecule has 53 heavy (non-hydrogen) atoms. The van der Waals surface area contributed by atoms with Crippen molar-refractivity contribution < 1.29 is 0 Å². The van der Waals surface area contributed by atoms with Crippen LogP contribution < -0.4 is 4.90 Å². The van der Waals surface area contributed by atoms with E-state index < -0.39 is 5.41 Å². The zero-order chi connectivity index (χ0) is 35.6. The van der Waals surface area contributed by atoms with Crippen molar-refractivity contribution in [1.29, 1.82) is 0 Å². The largest absolute Gasteiger partial charge is 0.310 e. The van der Waals surface area contributed by atoms with Crippen molar-refractivity contribution in [3.05, 3.63) is 234 Å². The van der Waals surface area contributed by atoms with Crippen molar-refractivity contribution in [2.24, 2.45) is 0 Å². The molecule has 0 aliphatic heterocycles. The van der Waals surface area contributed by atoms with Gasteiger partial charge in [-0.3, -0.25) is 0 Å². The molecule has 0 aromatic heterocycles. The van der Waals surface area contributed by atoms with Crippen molar-refractivity contribution in [2.45, 2.75) is 24.7 Å². The molecule has 0 bridgehead atoms. The summed E-state index contributed by atoms with van der Waals surface area (Å²) >= 11 is 0. The molecule has 2 aliphatic carbocycles. The molecule has 2 aliphatic rings. The minimum atomic E-state index is -0.469. The maximum atomic E-state index is 2.46. The Morgan fingerprint density at radius 2 is 0.887 bits per heavy atom. The molecule has 0 N–H and O–H groups in total. The van der Waals surface area contributed by atoms with Gasteiger partial charge in [0.25, 0.3) is 0 Å². The number of hydrogen-bond acceptors (Lipinski definition) is 1. The van der Waals surface area contributed by atoms with E-state index in [4.69, 9.17) is 0 Å². The van der Waals surface area contributed by atoms with Crippen LogP contribution in [0.3, 0.4) is 0 Å². The van der Waals surface area contributed by atoms with Crippen LogP contribution in [-0.2, 0) is 10.8 Å². The summed E-state index contributed by atoms with van der Waals surface area (Å²) in [5.74, 6) is 0. The van der Waals surface area contributed by atoms with E-state index in [2.05, 4.69) is 219 Å². The SMILES string of the molecule is CC1(C)c2ccccc2-c2ccc(-c3cccc(N(c4ccccc4)c4cccc5c4-c4ccccc4C5(c4ccccc4)c4ccccc4)c3)cc21. The van der Waals surface area contributed by atoms with Gasteiger partial charge >= 0.3 is 0 Å². The molecule has 0 fully saturated rings. The van der Waals surface area contributed by atoms with Crippen molar-refractivity contribution in [1.82, 2.24) is 0 Å². The summed E-state index contributed by atoms with van der Waals surface area (Å²) in [5.41, 5.74) is 18.5. The maximum absolute atomic E-state index is 2.46. The third-order valence-corrected chi connectivity index (χ3v) is 11.7. The van der Waals surface area contributed by atoms with Gasteiger partial charge in [0.15, 0.2) is 0 Å². The number of rotatable bonds is 6. The molecule has 10 rings (SSSR count). The fourth-order valence-corrected chi connectivity index (χ4v) is 9.37. The Kier molecular flexibility index (Phi) is 7.13. The Morgan fingerprint density at radius 1 is 0.358 bits per heavy atom. The Labute approximate surface area is 312 Å². The lowest BCUT2D eigenvalue weighted by Gasteiger charge is -2.34. The van der Waals surface area contributed by atoms with Crippen LogP contribution in [0.1, 0.15) is 47.2 Å². The van der Waals surface area contributed by atoms with E-state index in [9.17, 15) is 0 Å². The standard InChI is InChI=1S/C52H39N/c1-51(2)45-28-14-12-26-42(45)43-33-32-37(35-48(43)51)36-18-16-25-41(34-36)53(40-23-10-5-11-24-40)49-31-17-30-47-50(49)44-27-13-15-29-46(44)52(47,38-19-6-3-7-20-38)39-21-8-4-9-22-39/h3-35H,1-2H3. The highest BCUT2D eigenvalue weighted by atomic mass is 15.1. The van der Waals surface area contributed by atoms with Crippen LogP contribution in [0.2, 0.25) is 0 Å². The smallest absolute Gasteiger partial charge is 0.0714 e. The molecule has 0 heterocycles. The van der Waals surface area contributed by atoms with Gasteiger partial charge in [-0.15, -0.1) is 0 Å². The highest BCUT2D eigenvalue weighted by Crippen LogP contribution is 2.59. The van der Waals surface area contributed by atoms with E-state index in [1.165, 1.54) is 66.8 Å². The van der Waals surface area contributed by atoms with Gasteiger partial charge in [-0.2, -0.15) is 0 Å². The topological polar surface area (TPSA) is 3.24 Å². The molecule has 0 saturated carbocycles. The summed E-state index contributed by atoms with van der Waals surface area (Å²) in [6, 6.07) is 73.9. The van der Waals surface area contributed by atoms with Crippen LogP contribution in [0.15, 0.2) is 200 Å². The lowest BCUT2D eigenvalue weighted by atomic mass is 9.68. The van der Waals surface area contributed by atoms with Crippen molar-refractivity contribution in [3.63, 3.8) is 0 Å². The highest BCUT2D eigenvalue weighted by molar-refractivity contribution is 5.97. The normalized spacial score (nSPS) is 14.2. The molecular formula is C52H39N. The van der Waals surface area contributed by atoms with Crippen LogP contribution in [0, 0.1) is 0 Å². The number of para-hydroxylation sites is 1. The van der Waals surface area contributed by atoms with Gasteiger partial charge in [-0.1, -0.05) is 178 Å². The molecule has 0 radical (unpaired) electrons. The molecule has 0 amide bonds. The molecule has 0 saturated heterocycles. The lowest BCUT2D eigenvalue weighted by molar-refractivity contribution is 0.660. The van der Waals surface area contributed by atoms with Crippen molar-refractivity contribution >= 4 is 17.1 Å². The maximum Gasteiger partial charge on any atom is 0.0714 e. The van der Waals surface area contributed by atoms with Gasteiger partial charge in [0.2, 0.25) is 0 Å². The average Bonchev–Trinajstić information content (AvgIpc) is 3.65. The molecule has 0 spiro atoms. The zero-order valence-electron chi connectivity index (χ0n) is 30.0.